The first-order valence-electron chi connectivity index (χ1n) is 7.20. The first-order chi connectivity index (χ1) is 12.3. The Morgan fingerprint density at radius 1 is 1.15 bits per heavy atom. The number of hydrogen-bond donors (Lipinski definition) is 2. The molecule has 0 atom stereocenters. The summed E-state index contributed by atoms with van der Waals surface area (Å²) in [4.78, 5) is 33.8. The van der Waals surface area contributed by atoms with Crippen molar-refractivity contribution in [2.75, 3.05) is 6.61 Å². The lowest BCUT2D eigenvalue weighted by Gasteiger charge is -2.11. The van der Waals surface area contributed by atoms with E-state index < -0.39 is 16.7 Å². The van der Waals surface area contributed by atoms with Crippen LogP contribution in [0.1, 0.15) is 15.9 Å². The fraction of sp³-hybridized carbons (Fsp3) is 0.125. The number of nitrogens with one attached hydrogen (secondary N) is 2. The van der Waals surface area contributed by atoms with Gasteiger partial charge >= 0.3 is 0 Å². The zero-order valence-electron chi connectivity index (χ0n) is 13.4. The van der Waals surface area contributed by atoms with Gasteiger partial charge in [-0.25, -0.2) is 0 Å². The predicted molar refractivity (Wildman–Crippen MR) is 95.4 cm³/mol. The number of nitro benzene ring substituents is 1. The van der Waals surface area contributed by atoms with Crippen LogP contribution >= 0.6 is 23.2 Å². The van der Waals surface area contributed by atoms with E-state index in [2.05, 4.69) is 10.9 Å². The maximum absolute atomic E-state index is 12.0. The molecule has 0 saturated carbocycles. The molecule has 2 rings (SSSR count). The second-order valence-electron chi connectivity index (χ2n) is 5.12. The van der Waals surface area contributed by atoms with Gasteiger partial charge in [0.1, 0.15) is 5.75 Å². The fourth-order valence-corrected chi connectivity index (χ4v) is 2.44. The SMILES string of the molecule is Cc1cc(Cl)ccc1OCC(=O)NNC(=O)c1ccc([N+](=O)[O-])cc1Cl. The molecule has 0 aromatic heterocycles. The smallest absolute Gasteiger partial charge is 0.276 e. The number of carbonyl (C=O) groups is 2. The van der Waals surface area contributed by atoms with Gasteiger partial charge in [-0.2, -0.15) is 0 Å². The number of hydrogen-bond acceptors (Lipinski definition) is 5. The van der Waals surface area contributed by atoms with Gasteiger partial charge in [0.15, 0.2) is 6.61 Å². The summed E-state index contributed by atoms with van der Waals surface area (Å²) in [6, 6.07) is 8.31. The van der Waals surface area contributed by atoms with Gasteiger partial charge in [0.2, 0.25) is 0 Å². The van der Waals surface area contributed by atoms with E-state index in [9.17, 15) is 19.7 Å². The van der Waals surface area contributed by atoms with E-state index in [0.717, 1.165) is 17.7 Å². The van der Waals surface area contributed by atoms with Crippen molar-refractivity contribution in [1.29, 1.82) is 0 Å². The largest absolute Gasteiger partial charge is 0.483 e. The van der Waals surface area contributed by atoms with E-state index in [-0.39, 0.29) is 22.9 Å². The Morgan fingerprint density at radius 2 is 1.88 bits per heavy atom. The number of amides is 2. The van der Waals surface area contributed by atoms with E-state index in [1.807, 2.05) is 0 Å². The van der Waals surface area contributed by atoms with Gasteiger partial charge < -0.3 is 4.74 Å². The Balaban J connectivity index is 1.88. The molecule has 0 bridgehead atoms. The molecule has 8 nitrogen and oxygen atoms in total. The van der Waals surface area contributed by atoms with Crippen molar-refractivity contribution in [3.8, 4) is 5.75 Å². The zero-order valence-corrected chi connectivity index (χ0v) is 14.9. The molecule has 0 aliphatic rings. The van der Waals surface area contributed by atoms with Crippen LogP contribution in [0.25, 0.3) is 0 Å². The summed E-state index contributed by atoms with van der Waals surface area (Å²) in [5.41, 5.74) is 4.81. The Labute approximate surface area is 158 Å². The number of non-ortho nitro benzene ring substituents is 1. The molecule has 2 N–H and O–H groups in total. The molecule has 10 heteroatoms. The van der Waals surface area contributed by atoms with E-state index >= 15 is 0 Å². The molecule has 0 heterocycles. The average molecular weight is 398 g/mol. The quantitative estimate of drug-likeness (QED) is 0.594. The monoisotopic (exact) mass is 397 g/mol. The molecule has 26 heavy (non-hydrogen) atoms. The van der Waals surface area contributed by atoms with Crippen LogP contribution in [0.15, 0.2) is 36.4 Å². The summed E-state index contributed by atoms with van der Waals surface area (Å²) in [5.74, 6) is -0.846. The lowest BCUT2D eigenvalue weighted by Crippen LogP contribution is -2.43. The molecular formula is C16H13Cl2N3O5. The minimum Gasteiger partial charge on any atom is -0.483 e. The highest BCUT2D eigenvalue weighted by Crippen LogP contribution is 2.22. The second kappa shape index (κ2) is 8.50. The van der Waals surface area contributed by atoms with E-state index in [4.69, 9.17) is 27.9 Å². The van der Waals surface area contributed by atoms with Gasteiger partial charge in [-0.3, -0.25) is 30.6 Å². The molecule has 0 unspecified atom stereocenters. The van der Waals surface area contributed by atoms with Crippen molar-refractivity contribution in [1.82, 2.24) is 10.9 Å². The molecular weight excluding hydrogens is 385 g/mol. The van der Waals surface area contributed by atoms with Crippen molar-refractivity contribution in [2.45, 2.75) is 6.92 Å². The summed E-state index contributed by atoms with van der Waals surface area (Å²) < 4.78 is 5.33. The molecule has 136 valence electrons. The van der Waals surface area contributed by atoms with Crippen molar-refractivity contribution < 1.29 is 19.2 Å². The van der Waals surface area contributed by atoms with E-state index in [1.54, 1.807) is 25.1 Å². The Bertz CT molecular complexity index is 873. The normalized spacial score (nSPS) is 10.1. The third-order valence-corrected chi connectivity index (χ3v) is 3.77. The predicted octanol–water partition coefficient (Wildman–Crippen LogP) is 3.05. The van der Waals surface area contributed by atoms with Crippen LogP contribution in [-0.4, -0.2) is 23.3 Å². The lowest BCUT2D eigenvalue weighted by atomic mass is 10.2. The molecule has 0 spiro atoms. The summed E-state index contributed by atoms with van der Waals surface area (Å²) in [6.45, 7) is 1.44. The Morgan fingerprint density at radius 3 is 2.50 bits per heavy atom. The first kappa shape index (κ1) is 19.5. The maximum Gasteiger partial charge on any atom is 0.276 e. The standard InChI is InChI=1S/C16H13Cl2N3O5/c1-9-6-10(17)2-5-14(9)26-8-15(22)19-20-16(23)12-4-3-11(21(24)25)7-13(12)18/h2-7H,8H2,1H3,(H,19,22)(H,20,23). The number of rotatable bonds is 5. The van der Waals surface area contributed by atoms with Crippen LogP contribution in [0, 0.1) is 17.0 Å². The van der Waals surface area contributed by atoms with Crippen molar-refractivity contribution in [3.05, 3.63) is 67.7 Å². The highest BCUT2D eigenvalue weighted by Gasteiger charge is 2.15. The maximum atomic E-state index is 12.0. The van der Waals surface area contributed by atoms with Crippen LogP contribution in [0.3, 0.4) is 0 Å². The highest BCUT2D eigenvalue weighted by molar-refractivity contribution is 6.34. The van der Waals surface area contributed by atoms with E-state index in [0.29, 0.717) is 10.8 Å². The topological polar surface area (TPSA) is 111 Å². The van der Waals surface area contributed by atoms with E-state index in [1.165, 1.54) is 6.07 Å². The summed E-state index contributed by atoms with van der Waals surface area (Å²) in [5, 5.41) is 11.1. The van der Waals surface area contributed by atoms with Crippen LogP contribution < -0.4 is 15.6 Å². The third-order valence-electron chi connectivity index (χ3n) is 3.22. The van der Waals surface area contributed by atoms with Gasteiger partial charge in [-0.1, -0.05) is 23.2 Å². The molecule has 0 fully saturated rings. The van der Waals surface area contributed by atoms with Gasteiger partial charge in [0, 0.05) is 17.2 Å². The van der Waals surface area contributed by atoms with Crippen LogP contribution in [0.5, 0.6) is 5.75 Å². The molecule has 0 saturated heterocycles. The van der Waals surface area contributed by atoms with Crippen LogP contribution in [0.4, 0.5) is 5.69 Å². The summed E-state index contributed by atoms with van der Waals surface area (Å²) >= 11 is 11.7. The number of nitrogens with zero attached hydrogens (tertiary/aromatic N) is 1. The summed E-state index contributed by atoms with van der Waals surface area (Å²) in [7, 11) is 0. The highest BCUT2D eigenvalue weighted by atomic mass is 35.5. The van der Waals surface area contributed by atoms with Crippen molar-refractivity contribution >= 4 is 40.7 Å². The number of nitro groups is 1. The fourth-order valence-electron chi connectivity index (χ4n) is 1.95. The van der Waals surface area contributed by atoms with Crippen molar-refractivity contribution in [2.24, 2.45) is 0 Å². The van der Waals surface area contributed by atoms with Crippen LogP contribution in [0.2, 0.25) is 10.0 Å². The number of ether oxygens (including phenoxy) is 1. The minimum atomic E-state index is -0.721. The van der Waals surface area contributed by atoms with Gasteiger partial charge in [-0.05, 0) is 36.8 Å². The number of aryl methyl sites for hydroxylation is 1. The number of benzene rings is 2. The molecule has 2 amide bonds. The molecule has 2 aromatic rings. The lowest BCUT2D eigenvalue weighted by molar-refractivity contribution is -0.384. The van der Waals surface area contributed by atoms with Gasteiger partial charge in [-0.15, -0.1) is 0 Å². The zero-order chi connectivity index (χ0) is 19.3. The molecule has 0 radical (unpaired) electrons. The average Bonchev–Trinajstić information content (AvgIpc) is 2.58. The number of carbonyl (C=O) groups excluding carboxylic acids is 2. The number of halogens is 2. The second-order valence-corrected chi connectivity index (χ2v) is 5.97. The molecule has 0 aliphatic heterocycles. The van der Waals surface area contributed by atoms with Gasteiger partial charge in [0.05, 0.1) is 15.5 Å². The van der Waals surface area contributed by atoms with Crippen molar-refractivity contribution in [3.63, 3.8) is 0 Å². The third kappa shape index (κ3) is 5.08. The number of hydrazine groups is 1. The van der Waals surface area contributed by atoms with Crippen LogP contribution in [-0.2, 0) is 4.79 Å². The van der Waals surface area contributed by atoms with Gasteiger partial charge in [0.25, 0.3) is 17.5 Å². The Kier molecular flexibility index (Phi) is 6.37. The minimum absolute atomic E-state index is 0.0213. The molecule has 2 aromatic carbocycles. The molecule has 0 aliphatic carbocycles. The summed E-state index contributed by atoms with van der Waals surface area (Å²) in [6.07, 6.45) is 0. The first-order valence-corrected chi connectivity index (χ1v) is 7.95. The Hall–Kier alpha value is -2.84.